The van der Waals surface area contributed by atoms with Crippen molar-refractivity contribution in [1.29, 1.82) is 0 Å². The number of hydrogen-bond donors (Lipinski definition) is 2. The van der Waals surface area contributed by atoms with Gasteiger partial charge in [-0.15, -0.1) is 0 Å². The normalized spacial score (nSPS) is 11.4. The highest BCUT2D eigenvalue weighted by Gasteiger charge is 2.01. The van der Waals surface area contributed by atoms with Gasteiger partial charge in [0, 0.05) is 23.7 Å². The molecule has 3 N–H and O–H groups in total. The lowest BCUT2D eigenvalue weighted by Gasteiger charge is -2.06. The molecule has 0 bridgehead atoms. The predicted molar refractivity (Wildman–Crippen MR) is 81.9 cm³/mol. The van der Waals surface area contributed by atoms with Gasteiger partial charge in [-0.25, -0.2) is 9.97 Å². The Hall–Kier alpha value is -2.28. The van der Waals surface area contributed by atoms with Crippen molar-refractivity contribution < 1.29 is 9.94 Å². The SMILES string of the molecule is Cc1cnc(SCCOc2ccc(C(N)=NO)cc2)nc1. The van der Waals surface area contributed by atoms with Gasteiger partial charge in [0.25, 0.3) is 0 Å². The van der Waals surface area contributed by atoms with Gasteiger partial charge in [0.1, 0.15) is 5.75 Å². The molecular weight excluding hydrogens is 288 g/mol. The molecule has 0 amide bonds. The van der Waals surface area contributed by atoms with Crippen molar-refractivity contribution in [3.05, 3.63) is 47.8 Å². The highest BCUT2D eigenvalue weighted by atomic mass is 32.2. The maximum Gasteiger partial charge on any atom is 0.187 e. The lowest BCUT2D eigenvalue weighted by molar-refractivity contribution is 0.318. The Bertz CT molecular complexity index is 599. The quantitative estimate of drug-likeness (QED) is 0.161. The van der Waals surface area contributed by atoms with Crippen LogP contribution in [0, 0.1) is 6.92 Å². The highest BCUT2D eigenvalue weighted by molar-refractivity contribution is 7.99. The van der Waals surface area contributed by atoms with Crippen LogP contribution in [0.3, 0.4) is 0 Å². The number of amidine groups is 1. The van der Waals surface area contributed by atoms with Crippen LogP contribution in [-0.2, 0) is 0 Å². The summed E-state index contributed by atoms with van der Waals surface area (Å²) in [5.41, 5.74) is 7.17. The molecule has 1 aromatic carbocycles. The zero-order valence-corrected chi connectivity index (χ0v) is 12.4. The average Bonchev–Trinajstić information content (AvgIpc) is 2.53. The van der Waals surface area contributed by atoms with Crippen molar-refractivity contribution in [2.24, 2.45) is 10.9 Å². The molecule has 110 valence electrons. The summed E-state index contributed by atoms with van der Waals surface area (Å²) in [4.78, 5) is 8.42. The third-order valence-corrected chi connectivity index (χ3v) is 3.44. The van der Waals surface area contributed by atoms with E-state index in [4.69, 9.17) is 15.7 Å². The van der Waals surface area contributed by atoms with Gasteiger partial charge in [-0.3, -0.25) is 0 Å². The van der Waals surface area contributed by atoms with Crippen LogP contribution in [0.5, 0.6) is 5.75 Å². The molecule has 6 nitrogen and oxygen atoms in total. The van der Waals surface area contributed by atoms with Gasteiger partial charge in [0.2, 0.25) is 0 Å². The number of nitrogens with zero attached hydrogens (tertiary/aromatic N) is 3. The molecule has 0 saturated carbocycles. The second-order valence-electron chi connectivity index (χ2n) is 4.25. The van der Waals surface area contributed by atoms with Gasteiger partial charge in [-0.1, -0.05) is 16.9 Å². The minimum atomic E-state index is 0.0774. The molecule has 0 aliphatic heterocycles. The first-order valence-electron chi connectivity index (χ1n) is 6.31. The van der Waals surface area contributed by atoms with Gasteiger partial charge < -0.3 is 15.7 Å². The summed E-state index contributed by atoms with van der Waals surface area (Å²) in [5, 5.41) is 12.3. The Labute approximate surface area is 127 Å². The molecule has 0 aliphatic rings. The summed E-state index contributed by atoms with van der Waals surface area (Å²) in [7, 11) is 0. The van der Waals surface area contributed by atoms with Crippen LogP contribution in [0.15, 0.2) is 47.0 Å². The zero-order valence-electron chi connectivity index (χ0n) is 11.6. The van der Waals surface area contributed by atoms with E-state index in [1.807, 2.05) is 6.92 Å². The lowest BCUT2D eigenvalue weighted by Crippen LogP contribution is -2.12. The standard InChI is InChI=1S/C14H16N4O2S/c1-10-8-16-14(17-9-10)21-7-6-20-12-4-2-11(3-5-12)13(15)18-19/h2-5,8-9,19H,6-7H2,1H3,(H2,15,18). The first-order valence-corrected chi connectivity index (χ1v) is 7.30. The number of oxime groups is 1. The molecule has 21 heavy (non-hydrogen) atoms. The zero-order chi connectivity index (χ0) is 15.1. The summed E-state index contributed by atoms with van der Waals surface area (Å²) >= 11 is 1.54. The van der Waals surface area contributed by atoms with Gasteiger partial charge in [0.05, 0.1) is 6.61 Å². The topological polar surface area (TPSA) is 93.6 Å². The van der Waals surface area contributed by atoms with Crippen molar-refractivity contribution >= 4 is 17.6 Å². The number of aromatic nitrogens is 2. The van der Waals surface area contributed by atoms with Gasteiger partial charge >= 0.3 is 0 Å². The number of thioether (sulfide) groups is 1. The Morgan fingerprint density at radius 2 is 1.95 bits per heavy atom. The summed E-state index contributed by atoms with van der Waals surface area (Å²) in [6.45, 7) is 2.50. The molecule has 7 heteroatoms. The number of rotatable bonds is 6. The van der Waals surface area contributed by atoms with Crippen LogP contribution in [0.2, 0.25) is 0 Å². The molecule has 1 heterocycles. The van der Waals surface area contributed by atoms with Crippen molar-refractivity contribution in [1.82, 2.24) is 9.97 Å². The van der Waals surface area contributed by atoms with Crippen molar-refractivity contribution in [2.75, 3.05) is 12.4 Å². The van der Waals surface area contributed by atoms with E-state index >= 15 is 0 Å². The largest absolute Gasteiger partial charge is 0.493 e. The first-order chi connectivity index (χ1) is 10.2. The molecule has 2 aromatic rings. The third kappa shape index (κ3) is 4.64. The summed E-state index contributed by atoms with van der Waals surface area (Å²) in [6.07, 6.45) is 3.59. The fourth-order valence-electron chi connectivity index (χ4n) is 1.53. The van der Waals surface area contributed by atoms with E-state index < -0.39 is 0 Å². The van der Waals surface area contributed by atoms with Crippen molar-refractivity contribution in [3.63, 3.8) is 0 Å². The second-order valence-corrected chi connectivity index (χ2v) is 5.31. The van der Waals surface area contributed by atoms with E-state index in [1.54, 1.807) is 48.4 Å². The Balaban J connectivity index is 1.77. The molecular formula is C14H16N4O2S. The van der Waals surface area contributed by atoms with Crippen LogP contribution < -0.4 is 10.5 Å². The first kappa shape index (κ1) is 15.1. The van der Waals surface area contributed by atoms with Crippen LogP contribution in [0.25, 0.3) is 0 Å². The van der Waals surface area contributed by atoms with Gasteiger partial charge in [-0.2, -0.15) is 0 Å². The number of nitrogens with two attached hydrogens (primary N) is 1. The predicted octanol–water partition coefficient (Wildman–Crippen LogP) is 2.05. The lowest BCUT2D eigenvalue weighted by atomic mass is 10.2. The Kier molecular flexibility index (Phi) is 5.39. The van der Waals surface area contributed by atoms with E-state index in [0.29, 0.717) is 12.2 Å². The molecule has 0 atom stereocenters. The Morgan fingerprint density at radius 3 is 2.57 bits per heavy atom. The molecule has 0 fully saturated rings. The molecule has 0 spiro atoms. The van der Waals surface area contributed by atoms with Crippen molar-refractivity contribution in [2.45, 2.75) is 12.1 Å². The average molecular weight is 304 g/mol. The minimum absolute atomic E-state index is 0.0774. The minimum Gasteiger partial charge on any atom is -0.493 e. The summed E-state index contributed by atoms with van der Waals surface area (Å²) < 4.78 is 5.60. The number of aryl methyl sites for hydroxylation is 1. The second kappa shape index (κ2) is 7.49. The molecule has 0 saturated heterocycles. The number of benzene rings is 1. The fourth-order valence-corrected chi connectivity index (χ4v) is 2.13. The van der Waals surface area contributed by atoms with E-state index in [-0.39, 0.29) is 5.84 Å². The summed E-state index contributed by atoms with van der Waals surface area (Å²) in [6, 6.07) is 7.03. The smallest absolute Gasteiger partial charge is 0.187 e. The maximum atomic E-state index is 8.57. The number of ether oxygens (including phenoxy) is 1. The maximum absolute atomic E-state index is 8.57. The summed E-state index contributed by atoms with van der Waals surface area (Å²) in [5.74, 6) is 1.56. The van der Waals surface area contributed by atoms with E-state index in [0.717, 1.165) is 22.2 Å². The van der Waals surface area contributed by atoms with Gasteiger partial charge in [0.15, 0.2) is 11.0 Å². The third-order valence-electron chi connectivity index (χ3n) is 2.60. The Morgan fingerprint density at radius 1 is 1.29 bits per heavy atom. The van der Waals surface area contributed by atoms with E-state index in [9.17, 15) is 0 Å². The van der Waals surface area contributed by atoms with E-state index in [1.165, 1.54) is 0 Å². The van der Waals surface area contributed by atoms with Gasteiger partial charge in [-0.05, 0) is 36.8 Å². The number of hydrogen-bond acceptors (Lipinski definition) is 6. The van der Waals surface area contributed by atoms with Crippen LogP contribution in [-0.4, -0.2) is 33.4 Å². The van der Waals surface area contributed by atoms with Crippen LogP contribution in [0.1, 0.15) is 11.1 Å². The molecule has 1 aromatic heterocycles. The molecule has 0 radical (unpaired) electrons. The van der Waals surface area contributed by atoms with Crippen LogP contribution >= 0.6 is 11.8 Å². The molecule has 2 rings (SSSR count). The van der Waals surface area contributed by atoms with E-state index in [2.05, 4.69) is 15.1 Å². The molecule has 0 unspecified atom stereocenters. The molecule has 0 aliphatic carbocycles. The van der Waals surface area contributed by atoms with Crippen molar-refractivity contribution in [3.8, 4) is 5.75 Å². The van der Waals surface area contributed by atoms with Crippen LogP contribution in [0.4, 0.5) is 0 Å². The highest BCUT2D eigenvalue weighted by Crippen LogP contribution is 2.15. The monoisotopic (exact) mass is 304 g/mol. The fraction of sp³-hybridized carbons (Fsp3) is 0.214.